The number of rotatable bonds is 1. The number of benzene rings is 1. The number of carboxylic acid groups (broad SMARTS) is 1. The molecule has 0 aliphatic rings. The van der Waals surface area contributed by atoms with E-state index < -0.39 is 5.97 Å². The number of aromatic nitrogens is 1. The van der Waals surface area contributed by atoms with Gasteiger partial charge in [-0.25, -0.2) is 0 Å². The van der Waals surface area contributed by atoms with E-state index in [1.54, 1.807) is 18.2 Å². The van der Waals surface area contributed by atoms with Crippen molar-refractivity contribution >= 4 is 16.9 Å². The fraction of sp³-hybridized carbons (Fsp3) is 0. The third-order valence-corrected chi connectivity index (χ3v) is 1.87. The quantitative estimate of drug-likeness (QED) is 0.719. The first kappa shape index (κ1) is 10.9. The van der Waals surface area contributed by atoms with Crippen LogP contribution in [-0.2, 0) is 22.4 Å². The van der Waals surface area contributed by atoms with Crippen LogP contribution in [0.15, 0.2) is 36.5 Å². The predicted octanol–water partition coefficient (Wildman–Crippen LogP) is 0.596. The molecular formula is C10H6AgNO2. The number of pyridine rings is 1. The molecule has 0 aliphatic heterocycles. The molecule has 0 spiro atoms. The van der Waals surface area contributed by atoms with Crippen LogP contribution in [0, 0.1) is 0 Å². The van der Waals surface area contributed by atoms with Crippen LogP contribution in [-0.4, -0.2) is 11.0 Å². The van der Waals surface area contributed by atoms with Crippen LogP contribution < -0.4 is 5.11 Å². The maximum atomic E-state index is 10.7. The summed E-state index contributed by atoms with van der Waals surface area (Å²) in [5.74, 6) is -1.17. The average molecular weight is 280 g/mol. The van der Waals surface area contributed by atoms with Crippen molar-refractivity contribution in [2.24, 2.45) is 0 Å². The third-order valence-electron chi connectivity index (χ3n) is 1.87. The van der Waals surface area contributed by atoms with Gasteiger partial charge in [0, 0.05) is 17.1 Å². The van der Waals surface area contributed by atoms with Gasteiger partial charge in [-0.05, 0) is 12.1 Å². The van der Waals surface area contributed by atoms with Crippen LogP contribution in [0.25, 0.3) is 10.9 Å². The fourth-order valence-corrected chi connectivity index (χ4v) is 1.27. The Labute approximate surface area is 96.3 Å². The standard InChI is InChI=1S/C10H7NO2.Ag/c12-10(13)8-5-6-11-9-4-2-1-3-7(8)9;/h1-6H,(H,12,13);/q;+1/p-1. The van der Waals surface area contributed by atoms with Gasteiger partial charge in [-0.3, -0.25) is 4.98 Å². The first-order valence-corrected chi connectivity index (χ1v) is 3.84. The second-order valence-corrected chi connectivity index (χ2v) is 2.66. The van der Waals surface area contributed by atoms with Crippen molar-refractivity contribution in [3.8, 4) is 0 Å². The van der Waals surface area contributed by atoms with Gasteiger partial charge in [0.1, 0.15) is 0 Å². The minimum absolute atomic E-state index is 0. The number of hydrogen-bond donors (Lipinski definition) is 0. The molecule has 0 atom stereocenters. The van der Waals surface area contributed by atoms with Gasteiger partial charge in [0.05, 0.1) is 11.5 Å². The van der Waals surface area contributed by atoms with Crippen LogP contribution in [0.2, 0.25) is 0 Å². The second-order valence-electron chi connectivity index (χ2n) is 2.66. The van der Waals surface area contributed by atoms with E-state index >= 15 is 0 Å². The van der Waals surface area contributed by atoms with Gasteiger partial charge in [0.25, 0.3) is 0 Å². The van der Waals surface area contributed by atoms with Crippen molar-refractivity contribution in [3.05, 3.63) is 42.1 Å². The van der Waals surface area contributed by atoms with Crippen molar-refractivity contribution < 1.29 is 32.3 Å². The number of carbonyl (C=O) groups excluding carboxylic acids is 1. The summed E-state index contributed by atoms with van der Waals surface area (Å²) in [6, 6.07) is 8.51. The molecule has 74 valence electrons. The molecular weight excluding hydrogens is 274 g/mol. The summed E-state index contributed by atoms with van der Waals surface area (Å²) in [7, 11) is 0. The maximum Gasteiger partial charge on any atom is 1.00 e. The van der Waals surface area contributed by atoms with Crippen LogP contribution >= 0.6 is 0 Å². The Hall–Kier alpha value is -1.16. The van der Waals surface area contributed by atoms with Gasteiger partial charge in [-0.15, -0.1) is 0 Å². The van der Waals surface area contributed by atoms with Crippen molar-refractivity contribution in [3.63, 3.8) is 0 Å². The molecule has 0 aliphatic carbocycles. The number of para-hydroxylation sites is 1. The Morgan fingerprint density at radius 2 is 1.93 bits per heavy atom. The topological polar surface area (TPSA) is 53.0 Å². The van der Waals surface area contributed by atoms with E-state index in [2.05, 4.69) is 4.98 Å². The van der Waals surface area contributed by atoms with E-state index in [1.807, 2.05) is 6.07 Å². The summed E-state index contributed by atoms with van der Waals surface area (Å²) in [6.45, 7) is 0. The summed E-state index contributed by atoms with van der Waals surface area (Å²) < 4.78 is 0. The molecule has 4 heteroatoms. The molecule has 0 N–H and O–H groups in total. The smallest absolute Gasteiger partial charge is 0.545 e. The Morgan fingerprint density at radius 1 is 1.21 bits per heavy atom. The molecule has 0 bridgehead atoms. The van der Waals surface area contributed by atoms with E-state index in [0.717, 1.165) is 0 Å². The Morgan fingerprint density at radius 3 is 2.64 bits per heavy atom. The molecule has 2 aromatic rings. The molecule has 0 fully saturated rings. The molecule has 0 amide bonds. The molecule has 1 aromatic carbocycles. The summed E-state index contributed by atoms with van der Waals surface area (Å²) in [5, 5.41) is 11.3. The minimum atomic E-state index is -1.17. The number of carbonyl (C=O) groups is 1. The number of nitrogens with zero attached hydrogens (tertiary/aromatic N) is 1. The monoisotopic (exact) mass is 279 g/mol. The Kier molecular flexibility index (Phi) is 3.41. The zero-order valence-electron chi connectivity index (χ0n) is 7.03. The van der Waals surface area contributed by atoms with Gasteiger partial charge < -0.3 is 9.90 Å². The van der Waals surface area contributed by atoms with Crippen LogP contribution in [0.3, 0.4) is 0 Å². The molecule has 14 heavy (non-hydrogen) atoms. The van der Waals surface area contributed by atoms with Gasteiger partial charge >= 0.3 is 22.4 Å². The number of fused-ring (bicyclic) bond motifs is 1. The van der Waals surface area contributed by atoms with E-state index in [-0.39, 0.29) is 27.9 Å². The minimum Gasteiger partial charge on any atom is -0.545 e. The Balaban J connectivity index is 0.000000980. The second kappa shape index (κ2) is 4.37. The van der Waals surface area contributed by atoms with Gasteiger partial charge in [-0.1, -0.05) is 18.2 Å². The summed E-state index contributed by atoms with van der Waals surface area (Å²) in [5.41, 5.74) is 0.856. The van der Waals surface area contributed by atoms with E-state index in [0.29, 0.717) is 10.9 Å². The predicted molar refractivity (Wildman–Crippen MR) is 46.1 cm³/mol. The molecule has 1 heterocycles. The van der Waals surface area contributed by atoms with Gasteiger partial charge in [0.2, 0.25) is 0 Å². The van der Waals surface area contributed by atoms with Crippen LogP contribution in [0.4, 0.5) is 0 Å². The molecule has 0 saturated heterocycles. The zero-order chi connectivity index (χ0) is 9.26. The zero-order valence-corrected chi connectivity index (χ0v) is 8.51. The van der Waals surface area contributed by atoms with E-state index in [4.69, 9.17) is 0 Å². The first-order chi connectivity index (χ1) is 6.29. The molecule has 0 saturated carbocycles. The van der Waals surface area contributed by atoms with E-state index in [9.17, 15) is 9.90 Å². The summed E-state index contributed by atoms with van der Waals surface area (Å²) in [6.07, 6.45) is 1.47. The Bertz CT molecular complexity index is 465. The number of aromatic carboxylic acids is 1. The van der Waals surface area contributed by atoms with Crippen LogP contribution in [0.5, 0.6) is 0 Å². The average Bonchev–Trinajstić information content (AvgIpc) is 2.17. The van der Waals surface area contributed by atoms with Crippen LogP contribution in [0.1, 0.15) is 10.4 Å². The van der Waals surface area contributed by atoms with Crippen molar-refractivity contribution in [2.75, 3.05) is 0 Å². The first-order valence-electron chi connectivity index (χ1n) is 3.84. The molecule has 2 rings (SSSR count). The maximum absolute atomic E-state index is 10.7. The fourth-order valence-electron chi connectivity index (χ4n) is 1.27. The van der Waals surface area contributed by atoms with Gasteiger partial charge in [-0.2, -0.15) is 0 Å². The molecule has 3 nitrogen and oxygen atoms in total. The molecule has 0 unspecified atom stereocenters. The molecule has 0 radical (unpaired) electrons. The molecule has 1 aromatic heterocycles. The SMILES string of the molecule is O=C([O-])c1ccnc2ccccc12.[Ag+]. The summed E-state index contributed by atoms with van der Waals surface area (Å²) >= 11 is 0. The van der Waals surface area contributed by atoms with Gasteiger partial charge in [0.15, 0.2) is 0 Å². The largest absolute Gasteiger partial charge is 1.00 e. The normalized spacial score (nSPS) is 9.43. The number of hydrogen-bond acceptors (Lipinski definition) is 3. The number of carboxylic acids is 1. The van der Waals surface area contributed by atoms with Crippen molar-refractivity contribution in [1.82, 2.24) is 4.98 Å². The summed E-state index contributed by atoms with van der Waals surface area (Å²) in [4.78, 5) is 14.7. The van der Waals surface area contributed by atoms with Crippen molar-refractivity contribution in [1.29, 1.82) is 0 Å². The van der Waals surface area contributed by atoms with Crippen molar-refractivity contribution in [2.45, 2.75) is 0 Å². The van der Waals surface area contributed by atoms with E-state index in [1.165, 1.54) is 12.3 Å². The third kappa shape index (κ3) is 1.85.